The highest BCUT2D eigenvalue weighted by molar-refractivity contribution is 7.09. The van der Waals surface area contributed by atoms with E-state index in [1.54, 1.807) is 22.2 Å². The van der Waals surface area contributed by atoms with E-state index in [2.05, 4.69) is 15.6 Å². The molecule has 7 heteroatoms. The fraction of sp³-hybridized carbons (Fsp3) is 0.533. The number of amides is 1. The van der Waals surface area contributed by atoms with Crippen LogP contribution in [0, 0.1) is 5.41 Å². The van der Waals surface area contributed by atoms with E-state index in [0.717, 1.165) is 4.88 Å². The van der Waals surface area contributed by atoms with Crippen molar-refractivity contribution in [3.63, 3.8) is 0 Å². The molecule has 0 aliphatic carbocycles. The Bertz CT molecular complexity index is 601. The fourth-order valence-corrected chi connectivity index (χ4v) is 2.82. The Balaban J connectivity index is 1.84. The van der Waals surface area contributed by atoms with Crippen molar-refractivity contribution in [3.05, 3.63) is 34.3 Å². The average molecular weight is 322 g/mol. The van der Waals surface area contributed by atoms with Crippen LogP contribution in [0.3, 0.4) is 0 Å². The van der Waals surface area contributed by atoms with Crippen molar-refractivity contribution in [2.75, 3.05) is 6.54 Å². The van der Waals surface area contributed by atoms with Crippen molar-refractivity contribution in [1.29, 1.82) is 0 Å². The first kappa shape index (κ1) is 16.6. The summed E-state index contributed by atoms with van der Waals surface area (Å²) in [5.74, 6) is -0.314. The Labute approximate surface area is 134 Å². The summed E-state index contributed by atoms with van der Waals surface area (Å²) in [5.41, 5.74) is 0.285. The van der Waals surface area contributed by atoms with E-state index in [1.807, 2.05) is 38.3 Å². The van der Waals surface area contributed by atoms with Crippen LogP contribution in [0.15, 0.2) is 23.7 Å². The Morgan fingerprint density at radius 3 is 2.91 bits per heavy atom. The van der Waals surface area contributed by atoms with Crippen molar-refractivity contribution in [1.82, 2.24) is 20.3 Å². The fourth-order valence-electron chi connectivity index (χ4n) is 2.12. The Kier molecular flexibility index (Phi) is 5.31. The molecule has 22 heavy (non-hydrogen) atoms. The second-order valence-electron chi connectivity index (χ2n) is 6.51. The quantitative estimate of drug-likeness (QED) is 0.851. The van der Waals surface area contributed by atoms with Gasteiger partial charge >= 0.3 is 0 Å². The summed E-state index contributed by atoms with van der Waals surface area (Å²) in [5, 5.41) is 22.4. The maximum atomic E-state index is 12.0. The lowest BCUT2D eigenvalue weighted by atomic mass is 9.89. The van der Waals surface area contributed by atoms with Crippen LogP contribution in [0.2, 0.25) is 0 Å². The number of aromatic nitrogens is 3. The lowest BCUT2D eigenvalue weighted by Crippen LogP contribution is -2.34. The molecule has 1 amide bonds. The van der Waals surface area contributed by atoms with Gasteiger partial charge in [0.2, 0.25) is 0 Å². The molecule has 6 nitrogen and oxygen atoms in total. The highest BCUT2D eigenvalue weighted by atomic mass is 32.1. The van der Waals surface area contributed by atoms with E-state index >= 15 is 0 Å². The van der Waals surface area contributed by atoms with E-state index < -0.39 is 6.10 Å². The predicted octanol–water partition coefficient (Wildman–Crippen LogP) is 1.91. The van der Waals surface area contributed by atoms with E-state index in [0.29, 0.717) is 13.0 Å². The topological polar surface area (TPSA) is 80.0 Å². The monoisotopic (exact) mass is 322 g/mol. The van der Waals surface area contributed by atoms with E-state index in [-0.39, 0.29) is 23.6 Å². The Morgan fingerprint density at radius 1 is 1.50 bits per heavy atom. The van der Waals surface area contributed by atoms with Gasteiger partial charge in [0.1, 0.15) is 0 Å². The molecule has 0 saturated heterocycles. The van der Waals surface area contributed by atoms with E-state index in [4.69, 9.17) is 0 Å². The molecular formula is C15H22N4O2S. The second-order valence-corrected chi connectivity index (χ2v) is 7.54. The number of nitrogens with one attached hydrogen (secondary N) is 1. The number of aliphatic hydroxyl groups excluding tert-OH is 1. The van der Waals surface area contributed by atoms with Gasteiger partial charge in [-0.25, -0.2) is 4.68 Å². The largest absolute Gasteiger partial charge is 0.391 e. The minimum atomic E-state index is -0.565. The number of hydrogen-bond acceptors (Lipinski definition) is 5. The zero-order valence-corrected chi connectivity index (χ0v) is 13.9. The van der Waals surface area contributed by atoms with Crippen LogP contribution in [0.25, 0.3) is 0 Å². The summed E-state index contributed by atoms with van der Waals surface area (Å²) in [6.07, 6.45) is 1.67. The summed E-state index contributed by atoms with van der Waals surface area (Å²) in [6, 6.07) is 3.98. The molecule has 2 N–H and O–H groups in total. The van der Waals surface area contributed by atoms with Crippen LogP contribution in [-0.2, 0) is 6.54 Å². The molecule has 2 aromatic heterocycles. The van der Waals surface area contributed by atoms with Gasteiger partial charge in [-0.05, 0) is 23.3 Å². The highest BCUT2D eigenvalue weighted by Crippen LogP contribution is 2.20. The van der Waals surface area contributed by atoms with Crippen LogP contribution in [0.5, 0.6) is 0 Å². The Morgan fingerprint density at radius 2 is 2.27 bits per heavy atom. The van der Waals surface area contributed by atoms with Gasteiger partial charge in [-0.2, -0.15) is 0 Å². The van der Waals surface area contributed by atoms with E-state index in [9.17, 15) is 9.90 Å². The minimum Gasteiger partial charge on any atom is -0.391 e. The van der Waals surface area contributed by atoms with Gasteiger partial charge in [0.05, 0.1) is 18.8 Å². The molecule has 120 valence electrons. The minimum absolute atomic E-state index is 0.0218. The third-order valence-corrected chi connectivity index (χ3v) is 3.88. The molecule has 0 radical (unpaired) electrons. The van der Waals surface area contributed by atoms with E-state index in [1.165, 1.54) is 0 Å². The van der Waals surface area contributed by atoms with Gasteiger partial charge in [-0.3, -0.25) is 4.79 Å². The van der Waals surface area contributed by atoms with Gasteiger partial charge in [0, 0.05) is 11.4 Å². The average Bonchev–Trinajstić information content (AvgIpc) is 3.06. The maximum Gasteiger partial charge on any atom is 0.273 e. The van der Waals surface area contributed by atoms with Gasteiger partial charge in [0.15, 0.2) is 5.69 Å². The van der Waals surface area contributed by atoms with Crippen LogP contribution < -0.4 is 5.32 Å². The molecule has 0 aliphatic rings. The normalized spacial score (nSPS) is 13.1. The summed E-state index contributed by atoms with van der Waals surface area (Å²) >= 11 is 1.63. The number of aliphatic hydroxyl groups is 1. The van der Waals surface area contributed by atoms with Crippen LogP contribution in [0.4, 0.5) is 0 Å². The van der Waals surface area contributed by atoms with Gasteiger partial charge in [-0.1, -0.05) is 32.1 Å². The van der Waals surface area contributed by atoms with Crippen molar-refractivity contribution in [3.8, 4) is 0 Å². The first-order valence-electron chi connectivity index (χ1n) is 7.22. The maximum absolute atomic E-state index is 12.0. The molecular weight excluding hydrogens is 300 g/mol. The molecule has 2 rings (SSSR count). The lowest BCUT2D eigenvalue weighted by molar-refractivity contribution is 0.0864. The molecule has 0 aliphatic heterocycles. The molecule has 1 atom stereocenters. The number of thiophene rings is 1. The first-order chi connectivity index (χ1) is 10.3. The van der Waals surface area contributed by atoms with Crippen molar-refractivity contribution in [2.24, 2.45) is 5.41 Å². The third-order valence-electron chi connectivity index (χ3n) is 3.02. The van der Waals surface area contributed by atoms with Gasteiger partial charge in [-0.15, -0.1) is 16.4 Å². The first-order valence-corrected chi connectivity index (χ1v) is 8.10. The number of rotatable bonds is 6. The van der Waals surface area contributed by atoms with Gasteiger partial charge in [0.25, 0.3) is 5.91 Å². The van der Waals surface area contributed by atoms with Gasteiger partial charge < -0.3 is 10.4 Å². The van der Waals surface area contributed by atoms with Crippen molar-refractivity contribution < 1.29 is 9.90 Å². The second kappa shape index (κ2) is 7.02. The molecule has 0 fully saturated rings. The molecule has 0 saturated carbocycles. The number of carbonyl (C=O) groups is 1. The van der Waals surface area contributed by atoms with Crippen LogP contribution >= 0.6 is 11.3 Å². The Hall–Kier alpha value is -1.73. The number of nitrogens with zero attached hydrogens (tertiary/aromatic N) is 3. The summed E-state index contributed by atoms with van der Waals surface area (Å²) < 4.78 is 1.63. The molecule has 2 aromatic rings. The van der Waals surface area contributed by atoms with Crippen molar-refractivity contribution in [2.45, 2.75) is 39.8 Å². The molecule has 0 unspecified atom stereocenters. The molecule has 0 bridgehead atoms. The lowest BCUT2D eigenvalue weighted by Gasteiger charge is -2.22. The molecule has 2 heterocycles. The molecule has 0 spiro atoms. The summed E-state index contributed by atoms with van der Waals surface area (Å²) in [7, 11) is 0. The smallest absolute Gasteiger partial charge is 0.273 e. The highest BCUT2D eigenvalue weighted by Gasteiger charge is 2.18. The standard InChI is InChI=1S/C15H22N4O2S/c1-15(2,3)7-11(20)8-16-14(21)13-10-19(18-17-13)9-12-5-4-6-22-12/h4-6,10-11,20H,7-9H2,1-3H3,(H,16,21)/t11-/m1/s1. The predicted molar refractivity (Wildman–Crippen MR) is 85.9 cm³/mol. The SMILES string of the molecule is CC(C)(C)C[C@@H](O)CNC(=O)c1cn(Cc2cccs2)nn1. The van der Waals surface area contributed by atoms with Crippen LogP contribution in [0.1, 0.15) is 42.6 Å². The number of carbonyl (C=O) groups excluding carboxylic acids is 1. The van der Waals surface area contributed by atoms with Crippen LogP contribution in [-0.4, -0.2) is 38.7 Å². The summed E-state index contributed by atoms with van der Waals surface area (Å²) in [4.78, 5) is 13.1. The molecule has 0 aromatic carbocycles. The zero-order valence-electron chi connectivity index (χ0n) is 13.1. The van der Waals surface area contributed by atoms with Crippen molar-refractivity contribution >= 4 is 17.2 Å². The summed E-state index contributed by atoms with van der Waals surface area (Å²) in [6.45, 7) is 6.97. The third kappa shape index (κ3) is 5.23. The zero-order chi connectivity index (χ0) is 16.2. The number of hydrogen-bond donors (Lipinski definition) is 2.